The Balaban J connectivity index is 1.25. The molecule has 1 heterocycles. The van der Waals surface area contributed by atoms with Crippen LogP contribution in [-0.2, 0) is 9.59 Å². The molecule has 0 saturated carbocycles. The molecule has 1 atom stereocenters. The van der Waals surface area contributed by atoms with Gasteiger partial charge >= 0.3 is 0 Å². The Kier molecular flexibility index (Phi) is 11.9. The van der Waals surface area contributed by atoms with Crippen molar-refractivity contribution in [3.05, 3.63) is 129 Å². The summed E-state index contributed by atoms with van der Waals surface area (Å²) in [7, 11) is 0. The molecule has 0 aliphatic heterocycles. The molecule has 0 saturated heterocycles. The summed E-state index contributed by atoms with van der Waals surface area (Å²) in [6.45, 7) is 4.22. The molecule has 0 fully saturated rings. The fourth-order valence-electron chi connectivity index (χ4n) is 4.37. The first kappa shape index (κ1) is 34.7. The average molecular weight is 718 g/mol. The molecule has 0 aliphatic rings. The maximum atomic E-state index is 13.5. The van der Waals surface area contributed by atoms with Gasteiger partial charge < -0.3 is 20.7 Å². The molecule has 0 spiro atoms. The van der Waals surface area contributed by atoms with Crippen molar-refractivity contribution in [1.82, 2.24) is 10.3 Å². The highest BCUT2D eigenvalue weighted by atomic mass is 35.5. The van der Waals surface area contributed by atoms with Gasteiger partial charge in [-0.25, -0.2) is 4.98 Å². The number of thiazole rings is 1. The van der Waals surface area contributed by atoms with Crippen LogP contribution in [0.1, 0.15) is 29.8 Å². The number of rotatable bonds is 12. The third-order valence-electron chi connectivity index (χ3n) is 6.75. The molecule has 3 N–H and O–H groups in total. The van der Waals surface area contributed by atoms with Gasteiger partial charge in [-0.05, 0) is 80.1 Å². The van der Waals surface area contributed by atoms with Crippen molar-refractivity contribution in [3.63, 3.8) is 0 Å². The highest BCUT2D eigenvalue weighted by Crippen LogP contribution is 2.32. The monoisotopic (exact) mass is 716 g/mol. The quantitative estimate of drug-likeness (QED) is 0.0878. The molecule has 244 valence electrons. The second kappa shape index (κ2) is 16.5. The third kappa shape index (κ3) is 9.48. The van der Waals surface area contributed by atoms with E-state index in [0.29, 0.717) is 50.0 Å². The number of halogens is 2. The van der Waals surface area contributed by atoms with Crippen molar-refractivity contribution in [2.24, 2.45) is 0 Å². The summed E-state index contributed by atoms with van der Waals surface area (Å²) in [6, 6.07) is 28.2. The number of nitrogens with one attached hydrogen (secondary N) is 3. The summed E-state index contributed by atoms with van der Waals surface area (Å²) < 4.78 is 5.52. The number of hydrogen-bond acceptors (Lipinski definition) is 7. The van der Waals surface area contributed by atoms with E-state index in [1.807, 2.05) is 30.5 Å². The number of ether oxygens (including phenoxy) is 1. The molecule has 1 aromatic heterocycles. The van der Waals surface area contributed by atoms with Gasteiger partial charge in [0.15, 0.2) is 5.13 Å². The highest BCUT2D eigenvalue weighted by molar-refractivity contribution is 8.00. The van der Waals surface area contributed by atoms with Crippen LogP contribution < -0.4 is 20.7 Å². The predicted octanol–water partition coefficient (Wildman–Crippen LogP) is 9.04. The molecule has 3 amide bonds. The molecule has 48 heavy (non-hydrogen) atoms. The fourth-order valence-corrected chi connectivity index (χ4v) is 6.31. The Morgan fingerprint density at radius 2 is 1.69 bits per heavy atom. The standard InChI is InChI=1S/C36H30Cl2N4O4S2/c1-3-46-27-15-12-23(13-16-27)18-31(40-34(44)24-8-5-4-6-9-24)35(45)39-26-10-7-11-28(20-26)48-22(2)33(43)42-36-41-32(21-47-36)25-14-17-29(37)30(38)19-25/h4-22H,3H2,1-2H3,(H,39,45)(H,40,44)(H,41,42,43)/b31-18+. The minimum Gasteiger partial charge on any atom is -0.494 e. The van der Waals surface area contributed by atoms with Crippen LogP contribution in [0.5, 0.6) is 5.75 Å². The molecule has 5 aromatic rings. The molecule has 0 radical (unpaired) electrons. The van der Waals surface area contributed by atoms with E-state index >= 15 is 0 Å². The van der Waals surface area contributed by atoms with Gasteiger partial charge in [0.1, 0.15) is 11.4 Å². The van der Waals surface area contributed by atoms with E-state index in [9.17, 15) is 14.4 Å². The van der Waals surface area contributed by atoms with Crippen molar-refractivity contribution >= 4 is 80.9 Å². The summed E-state index contributed by atoms with van der Waals surface area (Å²) in [5, 5.41) is 11.2. The summed E-state index contributed by atoms with van der Waals surface area (Å²) in [5.41, 5.74) is 3.13. The van der Waals surface area contributed by atoms with Gasteiger partial charge in [0, 0.05) is 27.1 Å². The molecule has 0 bridgehead atoms. The minimum atomic E-state index is -0.511. The molecule has 8 nitrogen and oxygen atoms in total. The Morgan fingerprint density at radius 3 is 2.42 bits per heavy atom. The van der Waals surface area contributed by atoms with Crippen LogP contribution in [0.4, 0.5) is 10.8 Å². The molecule has 12 heteroatoms. The Bertz CT molecular complexity index is 1950. The molecule has 1 unspecified atom stereocenters. The van der Waals surface area contributed by atoms with Crippen molar-refractivity contribution in [2.45, 2.75) is 24.0 Å². The van der Waals surface area contributed by atoms with Gasteiger partial charge in [-0.1, -0.05) is 65.7 Å². The van der Waals surface area contributed by atoms with E-state index in [-0.39, 0.29) is 11.6 Å². The Hall–Kier alpha value is -4.61. The first-order chi connectivity index (χ1) is 23.2. The summed E-state index contributed by atoms with van der Waals surface area (Å²) in [4.78, 5) is 44.8. The van der Waals surface area contributed by atoms with Gasteiger partial charge in [-0.2, -0.15) is 0 Å². The van der Waals surface area contributed by atoms with Gasteiger partial charge in [-0.15, -0.1) is 23.1 Å². The first-order valence-electron chi connectivity index (χ1n) is 14.8. The number of carbonyl (C=O) groups excluding carboxylic acids is 3. The van der Waals surface area contributed by atoms with E-state index in [0.717, 1.165) is 10.5 Å². The van der Waals surface area contributed by atoms with Gasteiger partial charge in [0.25, 0.3) is 11.8 Å². The number of thioether (sulfide) groups is 1. The maximum Gasteiger partial charge on any atom is 0.272 e. The summed E-state index contributed by atoms with van der Waals surface area (Å²) >= 11 is 14.8. The van der Waals surface area contributed by atoms with E-state index in [1.165, 1.54) is 23.1 Å². The van der Waals surface area contributed by atoms with Crippen LogP contribution >= 0.6 is 46.3 Å². The lowest BCUT2D eigenvalue weighted by Crippen LogP contribution is -2.30. The zero-order valence-electron chi connectivity index (χ0n) is 25.8. The SMILES string of the molecule is CCOc1ccc(/C=C(/NC(=O)c2ccccc2)C(=O)Nc2cccc(SC(C)C(=O)Nc3nc(-c4ccc(Cl)c(Cl)c4)cs3)c2)cc1. The van der Waals surface area contributed by atoms with Crippen LogP contribution in [0, 0.1) is 0 Å². The van der Waals surface area contributed by atoms with Crippen LogP contribution in [0.2, 0.25) is 10.0 Å². The van der Waals surface area contributed by atoms with Crippen molar-refractivity contribution < 1.29 is 19.1 Å². The number of benzene rings is 4. The normalized spacial score (nSPS) is 11.8. The van der Waals surface area contributed by atoms with Gasteiger partial charge in [0.2, 0.25) is 5.91 Å². The number of nitrogens with zero attached hydrogens (tertiary/aromatic N) is 1. The van der Waals surface area contributed by atoms with Gasteiger partial charge in [-0.3, -0.25) is 14.4 Å². The molecule has 4 aromatic carbocycles. The van der Waals surface area contributed by atoms with Crippen LogP contribution in [0.25, 0.3) is 17.3 Å². The van der Waals surface area contributed by atoms with E-state index in [1.54, 1.807) is 91.9 Å². The van der Waals surface area contributed by atoms with Gasteiger partial charge in [0.05, 0.1) is 27.6 Å². The van der Waals surface area contributed by atoms with E-state index < -0.39 is 17.1 Å². The third-order valence-corrected chi connectivity index (χ3v) is 9.35. The lowest BCUT2D eigenvalue weighted by Gasteiger charge is -2.14. The van der Waals surface area contributed by atoms with Crippen molar-refractivity contribution in [1.29, 1.82) is 0 Å². The highest BCUT2D eigenvalue weighted by Gasteiger charge is 2.19. The zero-order chi connectivity index (χ0) is 34.0. The number of hydrogen-bond donors (Lipinski definition) is 3. The molecule has 5 rings (SSSR count). The van der Waals surface area contributed by atoms with Crippen molar-refractivity contribution in [2.75, 3.05) is 17.2 Å². The number of anilines is 2. The molecule has 0 aliphatic carbocycles. The largest absolute Gasteiger partial charge is 0.494 e. The Labute approximate surface area is 296 Å². The smallest absolute Gasteiger partial charge is 0.272 e. The van der Waals surface area contributed by atoms with Crippen LogP contribution in [-0.4, -0.2) is 34.6 Å². The summed E-state index contributed by atoms with van der Waals surface area (Å²) in [6.07, 6.45) is 1.60. The predicted molar refractivity (Wildman–Crippen MR) is 196 cm³/mol. The van der Waals surface area contributed by atoms with Crippen LogP contribution in [0.3, 0.4) is 0 Å². The number of aromatic nitrogens is 1. The zero-order valence-corrected chi connectivity index (χ0v) is 29.0. The first-order valence-corrected chi connectivity index (χ1v) is 17.3. The number of carbonyl (C=O) groups is 3. The van der Waals surface area contributed by atoms with E-state index in [4.69, 9.17) is 27.9 Å². The topological polar surface area (TPSA) is 109 Å². The second-order valence-corrected chi connectivity index (χ2v) is 13.4. The molecular formula is C36H30Cl2N4O4S2. The van der Waals surface area contributed by atoms with Crippen molar-refractivity contribution in [3.8, 4) is 17.0 Å². The fraction of sp³-hybridized carbons (Fsp3) is 0.111. The summed E-state index contributed by atoms with van der Waals surface area (Å²) in [5.74, 6) is -0.460. The lowest BCUT2D eigenvalue weighted by molar-refractivity contribution is -0.115. The minimum absolute atomic E-state index is 0.0579. The van der Waals surface area contributed by atoms with Crippen LogP contribution in [0.15, 0.2) is 113 Å². The second-order valence-electron chi connectivity index (χ2n) is 10.3. The number of amides is 3. The maximum absolute atomic E-state index is 13.5. The Morgan fingerprint density at radius 1 is 0.917 bits per heavy atom. The average Bonchev–Trinajstić information content (AvgIpc) is 3.55. The van der Waals surface area contributed by atoms with E-state index in [2.05, 4.69) is 20.9 Å². The lowest BCUT2D eigenvalue weighted by atomic mass is 10.1. The molecular weight excluding hydrogens is 687 g/mol.